The van der Waals surface area contributed by atoms with Crippen molar-refractivity contribution in [1.29, 1.82) is 0 Å². The Morgan fingerprint density at radius 3 is 2.74 bits per heavy atom. The Labute approximate surface area is 202 Å². The number of ether oxygens (including phenoxy) is 1. The van der Waals surface area contributed by atoms with Gasteiger partial charge in [-0.2, -0.15) is 9.61 Å². The SMILES string of the molecule is COc1cc2nc(N)n3nc([C@@H]4CC[C@H](C)N(c5cnn(C(C)(C)[C@@H](C)O)c5)C4)nc3c2cc1F. The minimum Gasteiger partial charge on any atom is -0.494 e. The molecule has 11 heteroatoms. The number of nitrogen functional groups attached to an aromatic ring is 1. The van der Waals surface area contributed by atoms with Crippen LogP contribution >= 0.6 is 0 Å². The standard InChI is InChI=1S/C24H31FN8O2/c1-13-6-7-15(11-31(13)16-10-27-32(12-16)24(3,4)14(2)34)21-29-22-17-8-18(25)20(35-5)9-19(17)28-23(26)33(22)30-21/h8-10,12-15,34H,6-7,11H2,1-5H3,(H2,26,28)/t13-,14+,15+/m0/s1. The second-order valence-corrected chi connectivity index (χ2v) is 9.93. The monoisotopic (exact) mass is 482 g/mol. The number of nitrogens with two attached hydrogens (primary N) is 1. The third-order valence-corrected chi connectivity index (χ3v) is 7.35. The highest BCUT2D eigenvalue weighted by molar-refractivity contribution is 5.93. The first-order chi connectivity index (χ1) is 16.6. The van der Waals surface area contributed by atoms with Crippen LogP contribution in [0.25, 0.3) is 16.6 Å². The van der Waals surface area contributed by atoms with Gasteiger partial charge in [0.25, 0.3) is 0 Å². The molecule has 1 aromatic carbocycles. The van der Waals surface area contributed by atoms with Crippen LogP contribution in [-0.2, 0) is 5.54 Å². The molecule has 0 unspecified atom stereocenters. The van der Waals surface area contributed by atoms with Crippen molar-refractivity contribution >= 4 is 28.2 Å². The summed E-state index contributed by atoms with van der Waals surface area (Å²) < 4.78 is 22.8. The maximum absolute atomic E-state index is 14.5. The summed E-state index contributed by atoms with van der Waals surface area (Å²) >= 11 is 0. The molecule has 3 aromatic heterocycles. The van der Waals surface area contributed by atoms with E-state index in [4.69, 9.17) is 15.5 Å². The Balaban J connectivity index is 1.49. The van der Waals surface area contributed by atoms with Gasteiger partial charge in [0.2, 0.25) is 5.95 Å². The van der Waals surface area contributed by atoms with Gasteiger partial charge in [0.05, 0.1) is 36.2 Å². The number of benzene rings is 1. The average Bonchev–Trinajstić information content (AvgIpc) is 3.48. The molecule has 1 aliphatic heterocycles. The second kappa shape index (κ2) is 8.33. The van der Waals surface area contributed by atoms with Crippen LogP contribution in [0.1, 0.15) is 52.3 Å². The molecule has 1 fully saturated rings. The summed E-state index contributed by atoms with van der Waals surface area (Å²) in [4.78, 5) is 11.5. The van der Waals surface area contributed by atoms with E-state index in [1.54, 1.807) is 6.92 Å². The van der Waals surface area contributed by atoms with Gasteiger partial charge in [-0.15, -0.1) is 5.10 Å². The lowest BCUT2D eigenvalue weighted by atomic mass is 9.92. The predicted octanol–water partition coefficient (Wildman–Crippen LogP) is 3.09. The quantitative estimate of drug-likeness (QED) is 0.445. The molecule has 5 rings (SSSR count). The van der Waals surface area contributed by atoms with Crippen molar-refractivity contribution in [3.8, 4) is 5.75 Å². The van der Waals surface area contributed by atoms with Crippen LogP contribution in [-0.4, -0.2) is 60.3 Å². The van der Waals surface area contributed by atoms with Gasteiger partial charge < -0.3 is 20.5 Å². The molecule has 3 N–H and O–H groups in total. The second-order valence-electron chi connectivity index (χ2n) is 9.93. The van der Waals surface area contributed by atoms with Crippen LogP contribution in [0.3, 0.4) is 0 Å². The lowest BCUT2D eigenvalue weighted by Crippen LogP contribution is -2.41. The van der Waals surface area contributed by atoms with Crippen LogP contribution in [0.2, 0.25) is 0 Å². The maximum atomic E-state index is 14.5. The van der Waals surface area contributed by atoms with E-state index in [1.807, 2.05) is 30.9 Å². The van der Waals surface area contributed by atoms with Gasteiger partial charge in [-0.05, 0) is 46.6 Å². The van der Waals surface area contributed by atoms with E-state index in [2.05, 4.69) is 27.0 Å². The molecule has 35 heavy (non-hydrogen) atoms. The highest BCUT2D eigenvalue weighted by Gasteiger charge is 2.32. The maximum Gasteiger partial charge on any atom is 0.223 e. The van der Waals surface area contributed by atoms with E-state index >= 15 is 0 Å². The minimum absolute atomic E-state index is 0.0526. The number of rotatable bonds is 5. The number of halogens is 1. The van der Waals surface area contributed by atoms with Crippen molar-refractivity contribution in [1.82, 2.24) is 29.4 Å². The van der Waals surface area contributed by atoms with Gasteiger partial charge in [-0.25, -0.2) is 14.4 Å². The lowest BCUT2D eigenvalue weighted by Gasteiger charge is -2.38. The van der Waals surface area contributed by atoms with Gasteiger partial charge in [0.1, 0.15) is 0 Å². The van der Waals surface area contributed by atoms with Crippen molar-refractivity contribution in [3.05, 3.63) is 36.2 Å². The minimum atomic E-state index is -0.553. The summed E-state index contributed by atoms with van der Waals surface area (Å²) in [7, 11) is 1.41. The third-order valence-electron chi connectivity index (χ3n) is 7.35. The van der Waals surface area contributed by atoms with Gasteiger partial charge in [0, 0.05) is 36.2 Å². The van der Waals surface area contributed by atoms with Gasteiger partial charge >= 0.3 is 0 Å². The zero-order chi connectivity index (χ0) is 25.1. The molecule has 0 aliphatic carbocycles. The predicted molar refractivity (Wildman–Crippen MR) is 131 cm³/mol. The highest BCUT2D eigenvalue weighted by Crippen LogP contribution is 2.34. The van der Waals surface area contributed by atoms with Crippen LogP contribution in [0.15, 0.2) is 24.5 Å². The number of piperidine rings is 1. The summed E-state index contributed by atoms with van der Waals surface area (Å²) in [6.45, 7) is 8.57. The summed E-state index contributed by atoms with van der Waals surface area (Å²) in [5.41, 5.74) is 7.61. The van der Waals surface area contributed by atoms with Crippen LogP contribution in [0, 0.1) is 5.82 Å². The Kier molecular flexibility index (Phi) is 5.54. The number of aliphatic hydroxyl groups excluding tert-OH is 1. The van der Waals surface area contributed by atoms with Crippen molar-refractivity contribution in [2.45, 2.75) is 64.1 Å². The number of aliphatic hydroxyl groups is 1. The normalized spacial score (nSPS) is 20.0. The van der Waals surface area contributed by atoms with Gasteiger partial charge in [-0.1, -0.05) is 0 Å². The number of fused-ring (bicyclic) bond motifs is 3. The van der Waals surface area contributed by atoms with Crippen molar-refractivity contribution < 1.29 is 14.2 Å². The van der Waals surface area contributed by atoms with Crippen LogP contribution in [0.4, 0.5) is 16.0 Å². The summed E-state index contributed by atoms with van der Waals surface area (Å²) in [6.07, 6.45) is 5.13. The third kappa shape index (κ3) is 3.83. The number of aromatic nitrogens is 6. The smallest absolute Gasteiger partial charge is 0.223 e. The Bertz CT molecular complexity index is 1400. The van der Waals surface area contributed by atoms with E-state index in [-0.39, 0.29) is 17.6 Å². The molecule has 0 radical (unpaired) electrons. The number of hydrogen-bond acceptors (Lipinski definition) is 8. The number of anilines is 2. The Hall–Kier alpha value is -3.47. The molecule has 0 bridgehead atoms. The van der Waals surface area contributed by atoms with Gasteiger partial charge in [0.15, 0.2) is 23.0 Å². The van der Waals surface area contributed by atoms with Crippen molar-refractivity contribution in [3.63, 3.8) is 0 Å². The zero-order valence-corrected chi connectivity index (χ0v) is 20.6. The summed E-state index contributed by atoms with van der Waals surface area (Å²) in [6, 6.07) is 3.19. The number of hydrogen-bond donors (Lipinski definition) is 2. The van der Waals surface area contributed by atoms with Crippen LogP contribution < -0.4 is 15.4 Å². The molecule has 3 atom stereocenters. The first kappa shape index (κ1) is 23.3. The van der Waals surface area contributed by atoms with Gasteiger partial charge in [-0.3, -0.25) is 4.68 Å². The Morgan fingerprint density at radius 1 is 1.26 bits per heavy atom. The lowest BCUT2D eigenvalue weighted by molar-refractivity contribution is 0.0647. The average molecular weight is 483 g/mol. The van der Waals surface area contributed by atoms with Crippen LogP contribution in [0.5, 0.6) is 5.75 Å². The fourth-order valence-corrected chi connectivity index (χ4v) is 4.62. The molecular weight excluding hydrogens is 451 g/mol. The largest absolute Gasteiger partial charge is 0.494 e. The molecule has 0 spiro atoms. The fourth-order valence-electron chi connectivity index (χ4n) is 4.62. The molecule has 4 aromatic rings. The molecular formula is C24H31FN8O2. The molecule has 1 saturated heterocycles. The Morgan fingerprint density at radius 2 is 2.03 bits per heavy atom. The fraction of sp³-hybridized carbons (Fsp3) is 0.500. The van der Waals surface area contributed by atoms with Crippen molar-refractivity contribution in [2.24, 2.45) is 0 Å². The summed E-state index contributed by atoms with van der Waals surface area (Å²) in [5.74, 6) is 0.493. The number of nitrogens with zero attached hydrogens (tertiary/aromatic N) is 7. The molecule has 1 aliphatic rings. The summed E-state index contributed by atoms with van der Waals surface area (Å²) in [5, 5.41) is 19.9. The van der Waals surface area contributed by atoms with E-state index in [1.165, 1.54) is 23.8 Å². The number of methoxy groups -OCH3 is 1. The topological polar surface area (TPSA) is 120 Å². The van der Waals surface area contributed by atoms with E-state index in [9.17, 15) is 9.50 Å². The zero-order valence-electron chi connectivity index (χ0n) is 20.6. The molecule has 4 heterocycles. The molecule has 0 saturated carbocycles. The van der Waals surface area contributed by atoms with E-state index in [0.717, 1.165) is 18.5 Å². The molecule has 10 nitrogen and oxygen atoms in total. The highest BCUT2D eigenvalue weighted by atomic mass is 19.1. The first-order valence-corrected chi connectivity index (χ1v) is 11.8. The molecule has 0 amide bonds. The van der Waals surface area contributed by atoms with Crippen molar-refractivity contribution in [2.75, 3.05) is 24.3 Å². The van der Waals surface area contributed by atoms with E-state index in [0.29, 0.717) is 35.0 Å². The van der Waals surface area contributed by atoms with E-state index < -0.39 is 17.5 Å². The first-order valence-electron chi connectivity index (χ1n) is 11.8. The molecule has 186 valence electrons.